The number of methoxy groups -OCH3 is 1. The van der Waals surface area contributed by atoms with Crippen LogP contribution in [0.15, 0.2) is 43.0 Å². The lowest BCUT2D eigenvalue weighted by Gasteiger charge is -2.46. The number of fused-ring (bicyclic) bond motifs is 1. The van der Waals surface area contributed by atoms with Crippen molar-refractivity contribution in [2.24, 2.45) is 0 Å². The van der Waals surface area contributed by atoms with E-state index in [1.807, 2.05) is 28.9 Å². The van der Waals surface area contributed by atoms with E-state index in [1.54, 1.807) is 6.07 Å². The summed E-state index contributed by atoms with van der Waals surface area (Å²) in [5, 5.41) is 14.5. The molecule has 0 aliphatic carbocycles. The highest BCUT2D eigenvalue weighted by atomic mass is 16.5. The number of phenolic OH excluding ortho intramolecular Hbond substituents is 1. The predicted octanol–water partition coefficient (Wildman–Crippen LogP) is 3.99. The third-order valence-electron chi connectivity index (χ3n) is 6.22. The number of phenols is 1. The molecule has 9 nitrogen and oxygen atoms in total. The van der Waals surface area contributed by atoms with Gasteiger partial charge in [0.1, 0.15) is 12.1 Å². The molecule has 0 bridgehead atoms. The molecule has 0 spiro atoms. The van der Waals surface area contributed by atoms with Crippen molar-refractivity contribution in [2.75, 3.05) is 7.11 Å². The Hall–Kier alpha value is -3.59. The molecule has 0 atom stereocenters. The SMILES string of the molecule is COc1ncnc(-c2ccc(-c3cn4ccc(C5CC(C)(C)NC(C)(C)C5)nc4n3)c(O)c2)n1. The molecule has 4 aromatic rings. The maximum atomic E-state index is 10.8. The van der Waals surface area contributed by atoms with Crippen LogP contribution in [0.1, 0.15) is 52.1 Å². The van der Waals surface area contributed by atoms with Crippen LogP contribution in [0.25, 0.3) is 28.4 Å². The lowest BCUT2D eigenvalue weighted by atomic mass is 9.74. The number of aromatic hydroxyl groups is 1. The smallest absolute Gasteiger partial charge is 0.319 e. The molecule has 34 heavy (non-hydrogen) atoms. The van der Waals surface area contributed by atoms with E-state index in [2.05, 4.69) is 54.0 Å². The second kappa shape index (κ2) is 8.02. The third kappa shape index (κ3) is 4.31. The molecule has 9 heteroatoms. The van der Waals surface area contributed by atoms with Crippen molar-refractivity contribution in [2.45, 2.75) is 57.5 Å². The summed E-state index contributed by atoms with van der Waals surface area (Å²) in [5.41, 5.74) is 3.04. The number of ether oxygens (including phenoxy) is 1. The Morgan fingerprint density at radius 1 is 1.03 bits per heavy atom. The third-order valence-corrected chi connectivity index (χ3v) is 6.22. The standard InChI is InChI=1S/C25H29N7O2/c1-24(2)11-16(12-25(3,4)31-24)18-8-9-32-13-19(29-22(32)28-18)17-7-6-15(10-20(17)33)21-26-14-27-23(30-21)34-5/h6-10,13-14,16,31,33H,11-12H2,1-5H3. The van der Waals surface area contributed by atoms with E-state index < -0.39 is 0 Å². The molecule has 3 aromatic heterocycles. The lowest BCUT2D eigenvalue weighted by molar-refractivity contribution is 0.160. The molecule has 2 N–H and O–H groups in total. The van der Waals surface area contributed by atoms with Crippen LogP contribution in [-0.4, -0.2) is 52.6 Å². The maximum absolute atomic E-state index is 10.8. The van der Waals surface area contributed by atoms with Gasteiger partial charge in [-0.2, -0.15) is 9.97 Å². The molecule has 1 aliphatic heterocycles. The summed E-state index contributed by atoms with van der Waals surface area (Å²) in [6, 6.07) is 7.56. The van der Waals surface area contributed by atoms with Crippen LogP contribution >= 0.6 is 0 Å². The van der Waals surface area contributed by atoms with Gasteiger partial charge in [-0.05, 0) is 58.7 Å². The largest absolute Gasteiger partial charge is 0.507 e. The van der Waals surface area contributed by atoms with Crippen molar-refractivity contribution < 1.29 is 9.84 Å². The Labute approximate surface area is 198 Å². The van der Waals surface area contributed by atoms with Gasteiger partial charge in [0, 0.05) is 46.2 Å². The molecule has 0 radical (unpaired) electrons. The average molecular weight is 460 g/mol. The van der Waals surface area contributed by atoms with Crippen LogP contribution in [0.2, 0.25) is 0 Å². The predicted molar refractivity (Wildman–Crippen MR) is 129 cm³/mol. The molecular weight excluding hydrogens is 430 g/mol. The highest BCUT2D eigenvalue weighted by Crippen LogP contribution is 2.39. The first kappa shape index (κ1) is 22.2. The zero-order valence-electron chi connectivity index (χ0n) is 20.1. The fraction of sp³-hybridized carbons (Fsp3) is 0.400. The number of hydrogen-bond donors (Lipinski definition) is 2. The fourth-order valence-electron chi connectivity index (χ4n) is 5.18. The van der Waals surface area contributed by atoms with Gasteiger partial charge in [-0.1, -0.05) is 6.07 Å². The van der Waals surface area contributed by atoms with E-state index in [1.165, 1.54) is 13.4 Å². The quantitative estimate of drug-likeness (QED) is 0.471. The van der Waals surface area contributed by atoms with E-state index in [9.17, 15) is 5.11 Å². The Balaban J connectivity index is 1.46. The van der Waals surface area contributed by atoms with Gasteiger partial charge in [0.2, 0.25) is 5.78 Å². The minimum atomic E-state index is 0.0386. The van der Waals surface area contributed by atoms with E-state index >= 15 is 0 Å². The monoisotopic (exact) mass is 459 g/mol. The molecule has 176 valence electrons. The molecule has 0 unspecified atom stereocenters. The topological polar surface area (TPSA) is 110 Å². The first-order valence-corrected chi connectivity index (χ1v) is 11.3. The van der Waals surface area contributed by atoms with Gasteiger partial charge in [0.25, 0.3) is 0 Å². The summed E-state index contributed by atoms with van der Waals surface area (Å²) in [5.74, 6) is 1.47. The van der Waals surface area contributed by atoms with Gasteiger partial charge in [-0.15, -0.1) is 0 Å². The molecule has 5 rings (SSSR count). The molecule has 1 aliphatic rings. The van der Waals surface area contributed by atoms with E-state index in [4.69, 9.17) is 14.7 Å². The minimum Gasteiger partial charge on any atom is -0.507 e. The molecular formula is C25H29N7O2. The van der Waals surface area contributed by atoms with Crippen LogP contribution in [0.3, 0.4) is 0 Å². The normalized spacial score (nSPS) is 17.7. The number of nitrogens with zero attached hydrogens (tertiary/aromatic N) is 6. The molecule has 0 amide bonds. The van der Waals surface area contributed by atoms with Crippen LogP contribution < -0.4 is 10.1 Å². The summed E-state index contributed by atoms with van der Waals surface area (Å²) < 4.78 is 6.95. The minimum absolute atomic E-state index is 0.0386. The van der Waals surface area contributed by atoms with Crippen molar-refractivity contribution in [1.29, 1.82) is 0 Å². The molecule has 4 heterocycles. The summed E-state index contributed by atoms with van der Waals surface area (Å²) in [7, 11) is 1.50. The second-order valence-electron chi connectivity index (χ2n) is 10.2. The van der Waals surface area contributed by atoms with Gasteiger partial charge in [-0.3, -0.25) is 4.40 Å². The summed E-state index contributed by atoms with van der Waals surface area (Å²) in [6.07, 6.45) is 7.28. The molecule has 1 aromatic carbocycles. The van der Waals surface area contributed by atoms with E-state index in [0.717, 1.165) is 18.5 Å². The number of rotatable bonds is 4. The Morgan fingerprint density at radius 2 is 1.79 bits per heavy atom. The van der Waals surface area contributed by atoms with Crippen molar-refractivity contribution >= 4 is 5.78 Å². The highest BCUT2D eigenvalue weighted by molar-refractivity contribution is 5.73. The molecule has 1 saturated heterocycles. The van der Waals surface area contributed by atoms with Gasteiger partial charge in [0.15, 0.2) is 5.82 Å². The lowest BCUT2D eigenvalue weighted by Crippen LogP contribution is -2.57. The number of nitrogens with one attached hydrogen (secondary N) is 1. The first-order valence-electron chi connectivity index (χ1n) is 11.3. The van der Waals surface area contributed by atoms with Gasteiger partial charge in [-0.25, -0.2) is 15.0 Å². The van der Waals surface area contributed by atoms with Crippen LogP contribution in [0.4, 0.5) is 0 Å². The Morgan fingerprint density at radius 3 is 2.50 bits per heavy atom. The zero-order chi connectivity index (χ0) is 24.1. The Bertz CT molecular complexity index is 1350. The van der Waals surface area contributed by atoms with Crippen LogP contribution in [0.5, 0.6) is 11.8 Å². The molecule has 0 saturated carbocycles. The van der Waals surface area contributed by atoms with Gasteiger partial charge >= 0.3 is 6.01 Å². The maximum Gasteiger partial charge on any atom is 0.319 e. The fourth-order valence-corrected chi connectivity index (χ4v) is 5.18. The second-order valence-corrected chi connectivity index (χ2v) is 10.2. The highest BCUT2D eigenvalue weighted by Gasteiger charge is 2.38. The van der Waals surface area contributed by atoms with Crippen LogP contribution in [-0.2, 0) is 0 Å². The number of aromatic nitrogens is 6. The van der Waals surface area contributed by atoms with Crippen LogP contribution in [0, 0.1) is 0 Å². The number of piperidine rings is 1. The number of hydrogen-bond acceptors (Lipinski definition) is 8. The number of benzene rings is 1. The zero-order valence-corrected chi connectivity index (χ0v) is 20.1. The summed E-state index contributed by atoms with van der Waals surface area (Å²) >= 11 is 0. The van der Waals surface area contributed by atoms with Gasteiger partial charge < -0.3 is 15.2 Å². The van der Waals surface area contributed by atoms with Crippen molar-refractivity contribution in [3.05, 3.63) is 48.7 Å². The number of imidazole rings is 1. The molecule has 1 fully saturated rings. The Kier molecular flexibility index (Phi) is 5.24. The summed E-state index contributed by atoms with van der Waals surface area (Å²) in [4.78, 5) is 21.9. The van der Waals surface area contributed by atoms with Crippen molar-refractivity contribution in [1.82, 2.24) is 34.6 Å². The average Bonchev–Trinajstić information content (AvgIpc) is 3.20. The van der Waals surface area contributed by atoms with Gasteiger partial charge in [0.05, 0.1) is 12.8 Å². The van der Waals surface area contributed by atoms with E-state index in [0.29, 0.717) is 34.3 Å². The van der Waals surface area contributed by atoms with E-state index in [-0.39, 0.29) is 22.8 Å². The first-order chi connectivity index (χ1) is 16.1. The van der Waals surface area contributed by atoms with Crippen molar-refractivity contribution in [3.63, 3.8) is 0 Å². The summed E-state index contributed by atoms with van der Waals surface area (Å²) in [6.45, 7) is 8.97. The van der Waals surface area contributed by atoms with Crippen molar-refractivity contribution in [3.8, 4) is 34.4 Å².